The van der Waals surface area contributed by atoms with E-state index < -0.39 is 0 Å². The van der Waals surface area contributed by atoms with Gasteiger partial charge in [-0.1, -0.05) is 6.07 Å². The maximum Gasteiger partial charge on any atom is 0.166 e. The molecule has 6 heteroatoms. The van der Waals surface area contributed by atoms with E-state index in [-0.39, 0.29) is 11.7 Å². The quantitative estimate of drug-likeness (QED) is 0.785. The second kappa shape index (κ2) is 5.23. The van der Waals surface area contributed by atoms with Gasteiger partial charge in [0.1, 0.15) is 5.82 Å². The molecule has 1 aromatic carbocycles. The fourth-order valence-corrected chi connectivity index (χ4v) is 1.85. The van der Waals surface area contributed by atoms with Crippen LogP contribution in [0.25, 0.3) is 0 Å². The topological polar surface area (TPSA) is 43.6 Å². The van der Waals surface area contributed by atoms with Gasteiger partial charge in [0.15, 0.2) is 5.82 Å². The van der Waals surface area contributed by atoms with Crippen LogP contribution < -0.4 is 0 Å². The summed E-state index contributed by atoms with van der Waals surface area (Å²) < 4.78 is 14.6. The van der Waals surface area contributed by atoms with Gasteiger partial charge in [0.05, 0.1) is 5.88 Å². The minimum Gasteiger partial charge on any atom is -0.228 e. The summed E-state index contributed by atoms with van der Waals surface area (Å²) in [6.07, 6.45) is 0.751. The molecule has 0 unspecified atom stereocenters. The molecule has 0 saturated carbocycles. The summed E-state index contributed by atoms with van der Waals surface area (Å²) in [6, 6.07) is 4.77. The van der Waals surface area contributed by atoms with Crippen molar-refractivity contribution in [3.8, 4) is 0 Å². The molecule has 0 atom stereocenters. The Labute approximate surface area is 103 Å². The highest BCUT2D eigenvalue weighted by Gasteiger charge is 2.06. The maximum absolute atomic E-state index is 12.9. The van der Waals surface area contributed by atoms with E-state index in [1.807, 2.05) is 6.92 Å². The Balaban J connectivity index is 2.07. The highest BCUT2D eigenvalue weighted by Crippen LogP contribution is 2.11. The molecule has 0 N–H and O–H groups in total. The first-order valence-corrected chi connectivity index (χ1v) is 5.80. The van der Waals surface area contributed by atoms with Crippen molar-refractivity contribution >= 4 is 11.6 Å². The molecule has 4 nitrogen and oxygen atoms in total. The first-order chi connectivity index (χ1) is 8.20. The number of tetrazole rings is 1. The van der Waals surface area contributed by atoms with Crippen LogP contribution in [0.2, 0.25) is 0 Å². The molecule has 1 aromatic heterocycles. The van der Waals surface area contributed by atoms with Crippen LogP contribution in [0.15, 0.2) is 18.2 Å². The number of hydrogen-bond acceptors (Lipinski definition) is 3. The number of rotatable bonds is 4. The van der Waals surface area contributed by atoms with Gasteiger partial charge >= 0.3 is 0 Å². The van der Waals surface area contributed by atoms with Crippen molar-refractivity contribution in [2.75, 3.05) is 0 Å². The van der Waals surface area contributed by atoms with E-state index in [2.05, 4.69) is 15.5 Å². The lowest BCUT2D eigenvalue weighted by Crippen LogP contribution is -2.07. The van der Waals surface area contributed by atoms with Crippen molar-refractivity contribution in [3.05, 3.63) is 41.0 Å². The number of halogens is 2. The Morgan fingerprint density at radius 3 is 2.94 bits per heavy atom. The molecule has 2 rings (SSSR count). The van der Waals surface area contributed by atoms with E-state index in [0.29, 0.717) is 12.4 Å². The van der Waals surface area contributed by atoms with Crippen molar-refractivity contribution in [1.29, 1.82) is 0 Å². The van der Waals surface area contributed by atoms with Crippen molar-refractivity contribution in [2.24, 2.45) is 0 Å². The van der Waals surface area contributed by atoms with Crippen LogP contribution in [0.4, 0.5) is 4.39 Å². The van der Waals surface area contributed by atoms with Gasteiger partial charge < -0.3 is 0 Å². The van der Waals surface area contributed by atoms with Crippen LogP contribution in [0, 0.1) is 12.7 Å². The molecule has 0 saturated heterocycles. The van der Waals surface area contributed by atoms with E-state index in [0.717, 1.165) is 17.5 Å². The maximum atomic E-state index is 12.9. The summed E-state index contributed by atoms with van der Waals surface area (Å²) in [5.74, 6) is 0.719. The summed E-state index contributed by atoms with van der Waals surface area (Å²) in [4.78, 5) is 0. The molecule has 0 aliphatic rings. The van der Waals surface area contributed by atoms with Gasteiger partial charge in [-0.2, -0.15) is 0 Å². The lowest BCUT2D eigenvalue weighted by Gasteiger charge is -2.06. The average Bonchev–Trinajstić information content (AvgIpc) is 2.75. The zero-order valence-electron chi connectivity index (χ0n) is 9.40. The van der Waals surface area contributed by atoms with Crippen LogP contribution >= 0.6 is 11.6 Å². The molecule has 0 amide bonds. The third kappa shape index (κ3) is 2.79. The molecule has 0 aliphatic carbocycles. The lowest BCUT2D eigenvalue weighted by atomic mass is 10.1. The van der Waals surface area contributed by atoms with Gasteiger partial charge in [0.25, 0.3) is 0 Å². The summed E-state index contributed by atoms with van der Waals surface area (Å²) in [5, 5.41) is 11.2. The van der Waals surface area contributed by atoms with E-state index in [1.54, 1.807) is 10.7 Å². The van der Waals surface area contributed by atoms with Gasteiger partial charge in [-0.25, -0.2) is 9.07 Å². The first-order valence-electron chi connectivity index (χ1n) is 5.26. The number of nitrogens with zero attached hydrogens (tertiary/aromatic N) is 4. The highest BCUT2D eigenvalue weighted by atomic mass is 35.5. The van der Waals surface area contributed by atoms with Gasteiger partial charge in [-0.05, 0) is 47.0 Å². The second-order valence-corrected chi connectivity index (χ2v) is 4.04. The monoisotopic (exact) mass is 254 g/mol. The Kier molecular flexibility index (Phi) is 3.68. The van der Waals surface area contributed by atoms with Crippen LogP contribution in [0.1, 0.15) is 17.0 Å². The number of benzene rings is 1. The molecular weight excluding hydrogens is 243 g/mol. The third-order valence-corrected chi connectivity index (χ3v) is 2.86. The number of alkyl halides is 1. The number of aromatic nitrogens is 4. The molecule has 0 spiro atoms. The second-order valence-electron chi connectivity index (χ2n) is 3.77. The van der Waals surface area contributed by atoms with E-state index in [1.165, 1.54) is 12.1 Å². The zero-order chi connectivity index (χ0) is 12.3. The highest BCUT2D eigenvalue weighted by molar-refractivity contribution is 6.16. The first kappa shape index (κ1) is 12.0. The largest absolute Gasteiger partial charge is 0.228 e. The van der Waals surface area contributed by atoms with Crippen LogP contribution in [0.3, 0.4) is 0 Å². The summed E-state index contributed by atoms with van der Waals surface area (Å²) >= 11 is 5.69. The zero-order valence-corrected chi connectivity index (χ0v) is 10.2. The van der Waals surface area contributed by atoms with Gasteiger partial charge in [0.2, 0.25) is 0 Å². The van der Waals surface area contributed by atoms with E-state index >= 15 is 0 Å². The fourth-order valence-electron chi connectivity index (χ4n) is 1.66. The molecule has 90 valence electrons. The summed E-state index contributed by atoms with van der Waals surface area (Å²) in [6.45, 7) is 2.53. The predicted molar refractivity (Wildman–Crippen MR) is 62.2 cm³/mol. The standard InChI is InChI=1S/C11H12ClFN4/c1-8-6-10(13)3-2-9(8)4-5-17-11(7-12)14-15-16-17/h2-3,6H,4-5,7H2,1H3. The van der Waals surface area contributed by atoms with Crippen molar-refractivity contribution in [1.82, 2.24) is 20.2 Å². The van der Waals surface area contributed by atoms with Crippen LogP contribution in [-0.4, -0.2) is 20.2 Å². The van der Waals surface area contributed by atoms with Crippen LogP contribution in [0.5, 0.6) is 0 Å². The summed E-state index contributed by atoms with van der Waals surface area (Å²) in [5.41, 5.74) is 2.02. The minimum absolute atomic E-state index is 0.213. The minimum atomic E-state index is -0.213. The van der Waals surface area contributed by atoms with Gasteiger partial charge in [-0.3, -0.25) is 0 Å². The number of hydrogen-bond donors (Lipinski definition) is 0. The Bertz CT molecular complexity index is 512. The Morgan fingerprint density at radius 1 is 1.41 bits per heavy atom. The van der Waals surface area contributed by atoms with Gasteiger partial charge in [-0.15, -0.1) is 16.7 Å². The van der Waals surface area contributed by atoms with Crippen molar-refractivity contribution < 1.29 is 4.39 Å². The lowest BCUT2D eigenvalue weighted by molar-refractivity contribution is 0.571. The van der Waals surface area contributed by atoms with Crippen LogP contribution in [-0.2, 0) is 18.8 Å². The SMILES string of the molecule is Cc1cc(F)ccc1CCn1nnnc1CCl. The summed E-state index contributed by atoms with van der Waals surface area (Å²) in [7, 11) is 0. The fraction of sp³-hybridized carbons (Fsp3) is 0.364. The smallest absolute Gasteiger partial charge is 0.166 e. The molecule has 0 bridgehead atoms. The Hall–Kier alpha value is -1.49. The predicted octanol–water partition coefficient (Wildman–Crippen LogP) is 2.10. The van der Waals surface area contributed by atoms with E-state index in [9.17, 15) is 4.39 Å². The molecule has 2 aromatic rings. The molecule has 1 heterocycles. The molecule has 0 aliphatic heterocycles. The van der Waals surface area contributed by atoms with Crippen molar-refractivity contribution in [2.45, 2.75) is 25.8 Å². The molecule has 0 radical (unpaired) electrons. The normalized spacial score (nSPS) is 10.8. The Morgan fingerprint density at radius 2 is 2.24 bits per heavy atom. The number of aryl methyl sites for hydroxylation is 3. The molecule has 0 fully saturated rings. The van der Waals surface area contributed by atoms with Crippen molar-refractivity contribution in [3.63, 3.8) is 0 Å². The molecular formula is C11H12ClFN4. The molecule has 17 heavy (non-hydrogen) atoms. The van der Waals surface area contributed by atoms with E-state index in [4.69, 9.17) is 11.6 Å². The van der Waals surface area contributed by atoms with Gasteiger partial charge in [0, 0.05) is 6.54 Å². The third-order valence-electron chi connectivity index (χ3n) is 2.62. The average molecular weight is 255 g/mol.